The van der Waals surface area contributed by atoms with Crippen LogP contribution in [0.15, 0.2) is 47.0 Å². The van der Waals surface area contributed by atoms with Gasteiger partial charge in [-0.3, -0.25) is 14.2 Å². The Morgan fingerprint density at radius 3 is 2.92 bits per heavy atom. The lowest BCUT2D eigenvalue weighted by atomic mass is 10.1. The number of nitrogens with zero attached hydrogens (tertiary/aromatic N) is 4. The fourth-order valence-corrected chi connectivity index (χ4v) is 3.32. The van der Waals surface area contributed by atoms with Crippen LogP contribution in [0.3, 0.4) is 0 Å². The number of rotatable bonds is 5. The lowest BCUT2D eigenvalue weighted by Gasteiger charge is -2.38. The first-order valence-electron chi connectivity index (χ1n) is 7.99. The van der Waals surface area contributed by atoms with Crippen molar-refractivity contribution in [1.82, 2.24) is 19.4 Å². The fraction of sp³-hybridized carbons (Fsp3) is 0.294. The number of benzene rings is 1. The van der Waals surface area contributed by atoms with E-state index >= 15 is 0 Å². The summed E-state index contributed by atoms with van der Waals surface area (Å²) in [5.41, 5.74) is 0.548. The van der Waals surface area contributed by atoms with Gasteiger partial charge in [0.1, 0.15) is 6.10 Å². The van der Waals surface area contributed by atoms with Crippen LogP contribution in [0.1, 0.15) is 6.42 Å². The minimum absolute atomic E-state index is 0.000146. The molecule has 4 rings (SSSR count). The van der Waals surface area contributed by atoms with Crippen molar-refractivity contribution < 1.29 is 9.53 Å². The minimum atomic E-state index is -0.119. The van der Waals surface area contributed by atoms with E-state index in [1.165, 1.54) is 22.2 Å². The predicted molar refractivity (Wildman–Crippen MR) is 93.7 cm³/mol. The van der Waals surface area contributed by atoms with Crippen LogP contribution in [0.25, 0.3) is 10.9 Å². The Bertz CT molecular complexity index is 948. The van der Waals surface area contributed by atoms with Crippen LogP contribution in [0, 0.1) is 0 Å². The van der Waals surface area contributed by atoms with Crippen molar-refractivity contribution in [1.29, 1.82) is 0 Å². The molecule has 8 heteroatoms. The van der Waals surface area contributed by atoms with Gasteiger partial charge in [0, 0.05) is 24.5 Å². The molecule has 128 valence electrons. The number of carbonyl (C=O) groups is 1. The maximum Gasteiger partial charge on any atom is 0.273 e. The van der Waals surface area contributed by atoms with E-state index in [0.29, 0.717) is 35.7 Å². The zero-order valence-corrected chi connectivity index (χ0v) is 14.2. The van der Waals surface area contributed by atoms with Crippen molar-refractivity contribution >= 4 is 28.1 Å². The molecular formula is C17H16N4O3S. The molecule has 0 radical (unpaired) electrons. The van der Waals surface area contributed by atoms with Crippen LogP contribution in [-0.2, 0) is 11.3 Å². The summed E-state index contributed by atoms with van der Waals surface area (Å²) in [4.78, 5) is 34.7. The number of hydrogen-bond acceptors (Lipinski definition) is 6. The largest absolute Gasteiger partial charge is 0.463 e. The second-order valence-electron chi connectivity index (χ2n) is 5.85. The highest BCUT2D eigenvalue weighted by molar-refractivity contribution is 7.11. The van der Waals surface area contributed by atoms with Crippen LogP contribution in [0.4, 0.5) is 0 Å². The normalized spacial score (nSPS) is 14.5. The maximum atomic E-state index is 12.4. The molecule has 1 amide bonds. The van der Waals surface area contributed by atoms with Crippen molar-refractivity contribution in [2.24, 2.45) is 0 Å². The first-order chi connectivity index (χ1) is 12.2. The summed E-state index contributed by atoms with van der Waals surface area (Å²) in [7, 11) is 0. The molecule has 1 aromatic carbocycles. The van der Waals surface area contributed by atoms with Gasteiger partial charge in [0.2, 0.25) is 5.91 Å². The van der Waals surface area contributed by atoms with E-state index in [4.69, 9.17) is 4.74 Å². The maximum absolute atomic E-state index is 12.4. The van der Waals surface area contributed by atoms with Crippen LogP contribution >= 0.6 is 11.3 Å². The number of thiazole rings is 1. The van der Waals surface area contributed by atoms with Gasteiger partial charge in [-0.1, -0.05) is 23.5 Å². The van der Waals surface area contributed by atoms with Gasteiger partial charge < -0.3 is 9.64 Å². The number of fused-ring (bicyclic) bond motifs is 1. The number of para-hydroxylation sites is 1. The molecule has 3 heterocycles. The summed E-state index contributed by atoms with van der Waals surface area (Å²) in [6.45, 7) is 1.44. The molecule has 0 bridgehead atoms. The summed E-state index contributed by atoms with van der Waals surface area (Å²) >= 11 is 1.44. The number of aromatic nitrogens is 3. The van der Waals surface area contributed by atoms with Gasteiger partial charge in [0.25, 0.3) is 10.8 Å². The lowest BCUT2D eigenvalue weighted by Crippen LogP contribution is -2.56. The van der Waals surface area contributed by atoms with E-state index in [0.717, 1.165) is 0 Å². The van der Waals surface area contributed by atoms with Crippen molar-refractivity contribution in [3.05, 3.63) is 52.5 Å². The van der Waals surface area contributed by atoms with E-state index in [1.54, 1.807) is 23.2 Å². The average molecular weight is 356 g/mol. The van der Waals surface area contributed by atoms with Gasteiger partial charge in [0.05, 0.1) is 30.3 Å². The monoisotopic (exact) mass is 356 g/mol. The van der Waals surface area contributed by atoms with E-state index < -0.39 is 0 Å². The van der Waals surface area contributed by atoms with E-state index in [9.17, 15) is 9.59 Å². The summed E-state index contributed by atoms with van der Waals surface area (Å²) in [6.07, 6.45) is 3.46. The van der Waals surface area contributed by atoms with Crippen LogP contribution in [-0.4, -0.2) is 44.5 Å². The van der Waals surface area contributed by atoms with Crippen molar-refractivity contribution in [2.45, 2.75) is 19.1 Å². The van der Waals surface area contributed by atoms with Gasteiger partial charge in [-0.2, -0.15) is 0 Å². The summed E-state index contributed by atoms with van der Waals surface area (Å²) in [5, 5.41) is 3.05. The number of likely N-dealkylation sites (tertiary alicyclic amines) is 1. The molecule has 0 unspecified atom stereocenters. The quantitative estimate of drug-likeness (QED) is 0.693. The van der Waals surface area contributed by atoms with Crippen molar-refractivity contribution in [2.75, 3.05) is 13.1 Å². The van der Waals surface area contributed by atoms with Crippen LogP contribution in [0.2, 0.25) is 0 Å². The SMILES string of the molecule is O=C(CCn1cnc2ccccc2c1=O)N1CC(Oc2nccs2)C1. The molecule has 0 N–H and O–H groups in total. The highest BCUT2D eigenvalue weighted by Crippen LogP contribution is 2.20. The molecule has 0 atom stereocenters. The Balaban J connectivity index is 1.32. The molecule has 3 aromatic rings. The Hall–Kier alpha value is -2.74. The van der Waals surface area contributed by atoms with Crippen molar-refractivity contribution in [3.8, 4) is 5.19 Å². The molecule has 25 heavy (non-hydrogen) atoms. The van der Waals surface area contributed by atoms with Gasteiger partial charge in [-0.15, -0.1) is 0 Å². The first-order valence-corrected chi connectivity index (χ1v) is 8.87. The van der Waals surface area contributed by atoms with Gasteiger partial charge in [-0.25, -0.2) is 9.97 Å². The summed E-state index contributed by atoms with van der Waals surface area (Å²) in [5.74, 6) is 0.0130. The Morgan fingerprint density at radius 1 is 1.28 bits per heavy atom. The van der Waals surface area contributed by atoms with Gasteiger partial charge in [0.15, 0.2) is 0 Å². The number of hydrogen-bond donors (Lipinski definition) is 0. The molecule has 0 spiro atoms. The van der Waals surface area contributed by atoms with Crippen LogP contribution < -0.4 is 10.3 Å². The Labute approximate surface area is 147 Å². The minimum Gasteiger partial charge on any atom is -0.463 e. The zero-order valence-electron chi connectivity index (χ0n) is 13.4. The smallest absolute Gasteiger partial charge is 0.273 e. The topological polar surface area (TPSA) is 77.3 Å². The van der Waals surface area contributed by atoms with Gasteiger partial charge >= 0.3 is 0 Å². The van der Waals surface area contributed by atoms with E-state index in [2.05, 4.69) is 9.97 Å². The Morgan fingerprint density at radius 2 is 2.12 bits per heavy atom. The standard InChI is InChI=1S/C17H16N4O3S/c22-15(21-9-12(10-21)24-17-18-6-8-25-17)5-7-20-11-19-14-4-2-1-3-13(14)16(20)23/h1-4,6,8,11-12H,5,7,9-10H2. The zero-order chi connectivity index (χ0) is 17.2. The molecule has 1 fully saturated rings. The molecule has 0 aliphatic carbocycles. The molecule has 1 saturated heterocycles. The second kappa shape index (κ2) is 6.64. The third-order valence-electron chi connectivity index (χ3n) is 4.18. The van der Waals surface area contributed by atoms with Gasteiger partial charge in [-0.05, 0) is 12.1 Å². The molecule has 1 aliphatic rings. The average Bonchev–Trinajstić information content (AvgIpc) is 3.10. The van der Waals surface area contributed by atoms with Crippen molar-refractivity contribution in [3.63, 3.8) is 0 Å². The highest BCUT2D eigenvalue weighted by atomic mass is 32.1. The third-order valence-corrected chi connectivity index (χ3v) is 4.84. The number of ether oxygens (including phenoxy) is 1. The number of amides is 1. The summed E-state index contributed by atoms with van der Waals surface area (Å²) < 4.78 is 7.14. The summed E-state index contributed by atoms with van der Waals surface area (Å²) in [6, 6.07) is 7.20. The highest BCUT2D eigenvalue weighted by Gasteiger charge is 2.32. The van der Waals surface area contributed by atoms with E-state index in [1.807, 2.05) is 17.5 Å². The first kappa shape index (κ1) is 15.8. The van der Waals surface area contributed by atoms with E-state index in [-0.39, 0.29) is 24.0 Å². The predicted octanol–water partition coefficient (Wildman–Crippen LogP) is 1.53. The molecule has 2 aromatic heterocycles. The fourth-order valence-electron chi connectivity index (χ4n) is 2.77. The lowest BCUT2D eigenvalue weighted by molar-refractivity contribution is -0.140. The Kier molecular flexibility index (Phi) is 4.19. The third kappa shape index (κ3) is 3.25. The number of aryl methyl sites for hydroxylation is 1. The van der Waals surface area contributed by atoms with Crippen LogP contribution in [0.5, 0.6) is 5.19 Å². The molecule has 0 saturated carbocycles. The second-order valence-corrected chi connectivity index (χ2v) is 6.70. The molecule has 7 nitrogen and oxygen atoms in total. The number of carbonyl (C=O) groups excluding carboxylic acids is 1. The molecular weight excluding hydrogens is 340 g/mol. The molecule has 1 aliphatic heterocycles.